The van der Waals surface area contributed by atoms with E-state index in [4.69, 9.17) is 16.4 Å². The molecule has 5 heteroatoms. The van der Waals surface area contributed by atoms with E-state index in [-0.39, 0.29) is 6.10 Å². The largest absolute Gasteiger partial charge is 0.488 e. The van der Waals surface area contributed by atoms with Crippen molar-refractivity contribution in [3.05, 3.63) is 11.8 Å². The molecule has 0 aromatic carbocycles. The van der Waals surface area contributed by atoms with Gasteiger partial charge in [0.1, 0.15) is 11.9 Å². The number of fused-ring (bicyclic) bond motifs is 1. The van der Waals surface area contributed by atoms with Gasteiger partial charge in [-0.05, 0) is 25.3 Å². The number of hydrogen-bond acceptors (Lipinski definition) is 5. The van der Waals surface area contributed by atoms with Gasteiger partial charge in [0, 0.05) is 18.1 Å². The van der Waals surface area contributed by atoms with Crippen molar-refractivity contribution >= 4 is 12.4 Å². The van der Waals surface area contributed by atoms with E-state index in [1.54, 1.807) is 6.21 Å². The van der Waals surface area contributed by atoms with Crippen LogP contribution in [0.2, 0.25) is 0 Å². The van der Waals surface area contributed by atoms with E-state index in [9.17, 15) is 0 Å². The fourth-order valence-electron chi connectivity index (χ4n) is 2.42. The van der Waals surface area contributed by atoms with Gasteiger partial charge in [-0.25, -0.2) is 0 Å². The highest BCUT2D eigenvalue weighted by molar-refractivity contribution is 5.76. The van der Waals surface area contributed by atoms with Crippen LogP contribution in [0.15, 0.2) is 22.0 Å². The van der Waals surface area contributed by atoms with E-state index in [1.807, 2.05) is 6.21 Å². The van der Waals surface area contributed by atoms with Crippen molar-refractivity contribution in [2.75, 3.05) is 0 Å². The van der Waals surface area contributed by atoms with Crippen molar-refractivity contribution in [3.63, 3.8) is 0 Å². The first-order chi connectivity index (χ1) is 7.35. The van der Waals surface area contributed by atoms with Crippen LogP contribution in [0.25, 0.3) is 0 Å². The summed E-state index contributed by atoms with van der Waals surface area (Å²) < 4.78 is 5.71. The van der Waals surface area contributed by atoms with Crippen molar-refractivity contribution in [3.8, 4) is 0 Å². The molecule has 0 amide bonds. The van der Waals surface area contributed by atoms with Crippen LogP contribution in [0, 0.1) is 11.8 Å². The fraction of sp³-hybridized carbons (Fsp3) is 0.600. The summed E-state index contributed by atoms with van der Waals surface area (Å²) in [5, 5.41) is 7.09. The second-order valence-corrected chi connectivity index (χ2v) is 3.97. The van der Waals surface area contributed by atoms with Gasteiger partial charge in [0.15, 0.2) is 0 Å². The smallest absolute Gasteiger partial charge is 0.136 e. The Hall–Kier alpha value is -1.52. The summed E-state index contributed by atoms with van der Waals surface area (Å²) in [4.78, 5) is 0. The number of rotatable bonds is 2. The molecule has 82 valence electrons. The van der Waals surface area contributed by atoms with Gasteiger partial charge in [-0.2, -0.15) is 10.2 Å². The van der Waals surface area contributed by atoms with Gasteiger partial charge in [0.2, 0.25) is 0 Å². The predicted molar refractivity (Wildman–Crippen MR) is 59.1 cm³/mol. The van der Waals surface area contributed by atoms with E-state index >= 15 is 0 Å². The van der Waals surface area contributed by atoms with Crippen molar-refractivity contribution in [1.29, 1.82) is 0 Å². The molecule has 0 aromatic heterocycles. The highest BCUT2D eigenvalue weighted by Gasteiger charge is 2.36. The maximum Gasteiger partial charge on any atom is 0.136 e. The Morgan fingerprint density at radius 3 is 2.93 bits per heavy atom. The second kappa shape index (κ2) is 4.33. The molecule has 1 aliphatic heterocycles. The van der Waals surface area contributed by atoms with Crippen LogP contribution in [0.4, 0.5) is 0 Å². The molecule has 0 saturated heterocycles. The van der Waals surface area contributed by atoms with Crippen molar-refractivity contribution in [2.24, 2.45) is 33.7 Å². The zero-order chi connectivity index (χ0) is 10.7. The second-order valence-electron chi connectivity index (χ2n) is 3.97. The number of nitrogens with zero attached hydrogens (tertiary/aromatic N) is 2. The molecule has 3 atom stereocenters. The molecule has 4 N–H and O–H groups in total. The van der Waals surface area contributed by atoms with E-state index < -0.39 is 0 Å². The first-order valence-corrected chi connectivity index (χ1v) is 5.20. The molecule has 5 nitrogen and oxygen atoms in total. The Balaban J connectivity index is 2.12. The molecule has 2 rings (SSSR count). The molecule has 1 aliphatic carbocycles. The molecular formula is C10H16N4O. The average Bonchev–Trinajstić information content (AvgIpc) is 2.62. The molecule has 0 radical (unpaired) electrons. The lowest BCUT2D eigenvalue weighted by Crippen LogP contribution is -2.30. The minimum absolute atomic E-state index is 0.245. The van der Waals surface area contributed by atoms with Gasteiger partial charge in [0.25, 0.3) is 0 Å². The van der Waals surface area contributed by atoms with Gasteiger partial charge in [-0.3, -0.25) is 0 Å². The third-order valence-corrected chi connectivity index (χ3v) is 3.07. The van der Waals surface area contributed by atoms with Gasteiger partial charge in [-0.15, -0.1) is 0 Å². The summed E-state index contributed by atoms with van der Waals surface area (Å²) in [7, 11) is 0. The van der Waals surface area contributed by atoms with Crippen molar-refractivity contribution in [2.45, 2.75) is 25.4 Å². The van der Waals surface area contributed by atoms with Crippen LogP contribution in [0.3, 0.4) is 0 Å². The number of ether oxygens (including phenoxy) is 1. The van der Waals surface area contributed by atoms with Crippen LogP contribution in [0.1, 0.15) is 19.3 Å². The standard InChI is InChI=1S/C10H16N4O/c11-13-5-7-2-1-3-10-9(7)4-8(15-10)6-14-12/h4-7,9-10H,1-3,11-12H2/b13-5+,14-6+. The monoisotopic (exact) mass is 208 g/mol. The van der Waals surface area contributed by atoms with Crippen LogP contribution >= 0.6 is 0 Å². The van der Waals surface area contributed by atoms with Gasteiger partial charge >= 0.3 is 0 Å². The summed E-state index contributed by atoms with van der Waals surface area (Å²) in [6.45, 7) is 0. The van der Waals surface area contributed by atoms with E-state index in [1.165, 1.54) is 0 Å². The third kappa shape index (κ3) is 1.95. The minimum Gasteiger partial charge on any atom is -0.488 e. The lowest BCUT2D eigenvalue weighted by Gasteiger charge is -2.29. The SMILES string of the molecule is N/N=C/C1=CC2C(/C=N/N)CCCC2O1. The molecule has 1 fully saturated rings. The zero-order valence-electron chi connectivity index (χ0n) is 8.54. The molecule has 0 spiro atoms. The number of nitrogens with two attached hydrogens (primary N) is 2. The summed E-state index contributed by atoms with van der Waals surface area (Å²) in [5.74, 6) is 11.8. The summed E-state index contributed by atoms with van der Waals surface area (Å²) in [5.41, 5.74) is 0. The molecular weight excluding hydrogens is 192 g/mol. The van der Waals surface area contributed by atoms with Gasteiger partial charge in [-0.1, -0.05) is 0 Å². The minimum atomic E-state index is 0.245. The van der Waals surface area contributed by atoms with Crippen LogP contribution < -0.4 is 11.7 Å². The Bertz CT molecular complexity index is 311. The summed E-state index contributed by atoms with van der Waals surface area (Å²) in [6.07, 6.45) is 9.04. The highest BCUT2D eigenvalue weighted by atomic mass is 16.5. The van der Waals surface area contributed by atoms with E-state index in [0.717, 1.165) is 25.0 Å². The highest BCUT2D eigenvalue weighted by Crippen LogP contribution is 2.37. The Morgan fingerprint density at radius 1 is 1.33 bits per heavy atom. The molecule has 0 bridgehead atoms. The summed E-state index contributed by atoms with van der Waals surface area (Å²) >= 11 is 0. The molecule has 1 saturated carbocycles. The quantitative estimate of drug-likeness (QED) is 0.395. The number of hydrazone groups is 2. The zero-order valence-corrected chi connectivity index (χ0v) is 8.54. The van der Waals surface area contributed by atoms with Crippen molar-refractivity contribution in [1.82, 2.24) is 0 Å². The predicted octanol–water partition coefficient (Wildman–Crippen LogP) is 0.574. The van der Waals surface area contributed by atoms with Crippen LogP contribution in [0.5, 0.6) is 0 Å². The Labute approximate surface area is 88.8 Å². The lowest BCUT2D eigenvalue weighted by atomic mass is 9.78. The Kier molecular flexibility index (Phi) is 2.89. The molecule has 1 heterocycles. The van der Waals surface area contributed by atoms with Gasteiger partial charge in [0.05, 0.1) is 6.21 Å². The molecule has 3 unspecified atom stereocenters. The molecule has 0 aromatic rings. The van der Waals surface area contributed by atoms with Gasteiger partial charge < -0.3 is 16.4 Å². The Morgan fingerprint density at radius 2 is 2.20 bits per heavy atom. The average molecular weight is 208 g/mol. The first-order valence-electron chi connectivity index (χ1n) is 5.20. The number of allylic oxidation sites excluding steroid dienone is 1. The maximum atomic E-state index is 5.71. The third-order valence-electron chi connectivity index (χ3n) is 3.07. The van der Waals surface area contributed by atoms with E-state index in [0.29, 0.717) is 11.8 Å². The van der Waals surface area contributed by atoms with Crippen LogP contribution in [-0.2, 0) is 4.74 Å². The lowest BCUT2D eigenvalue weighted by molar-refractivity contribution is 0.0801. The summed E-state index contributed by atoms with van der Waals surface area (Å²) in [6, 6.07) is 0. The van der Waals surface area contributed by atoms with E-state index in [2.05, 4.69) is 16.3 Å². The maximum absolute atomic E-state index is 5.71. The normalized spacial score (nSPS) is 35.5. The van der Waals surface area contributed by atoms with Crippen molar-refractivity contribution < 1.29 is 4.74 Å². The number of hydrogen-bond donors (Lipinski definition) is 2. The molecule has 15 heavy (non-hydrogen) atoms. The first kappa shape index (κ1) is 10.0. The fourth-order valence-corrected chi connectivity index (χ4v) is 2.42. The topological polar surface area (TPSA) is 86.0 Å². The molecule has 2 aliphatic rings. The van der Waals surface area contributed by atoms with Crippen LogP contribution in [-0.4, -0.2) is 18.5 Å².